The molecule has 0 aromatic heterocycles. The van der Waals surface area contributed by atoms with Crippen molar-refractivity contribution in [2.75, 3.05) is 24.7 Å². The zero-order valence-corrected chi connectivity index (χ0v) is 12.7. The summed E-state index contributed by atoms with van der Waals surface area (Å²) in [6.07, 6.45) is 0.224. The number of halogens is 1. The van der Waals surface area contributed by atoms with Gasteiger partial charge >= 0.3 is 5.69 Å². The number of nitrogens with zero attached hydrogens (tertiary/aromatic N) is 2. The van der Waals surface area contributed by atoms with Crippen LogP contribution in [0.1, 0.15) is 16.8 Å². The average Bonchev–Trinajstić information content (AvgIpc) is 2.91. The summed E-state index contributed by atoms with van der Waals surface area (Å²) < 4.78 is 0. The minimum atomic E-state index is -0.830. The highest BCUT2D eigenvalue weighted by molar-refractivity contribution is 7.99. The van der Waals surface area contributed by atoms with Gasteiger partial charge in [0.2, 0.25) is 5.75 Å². The monoisotopic (exact) mass is 334 g/mol. The Morgan fingerprint density at radius 1 is 1.43 bits per heavy atom. The minimum absolute atomic E-state index is 0. The van der Waals surface area contributed by atoms with Crippen molar-refractivity contribution in [3.8, 4) is 11.5 Å². The largest absolute Gasteiger partial charge is 0.504 e. The third kappa shape index (κ3) is 4.23. The number of carbonyl (C=O) groups excluding carboxylic acids is 1. The maximum Gasteiger partial charge on any atom is 0.315 e. The predicted octanol–water partition coefficient (Wildman–Crippen LogP) is 2.01. The van der Waals surface area contributed by atoms with Gasteiger partial charge in [0.1, 0.15) is 0 Å². The Morgan fingerprint density at radius 2 is 2.14 bits per heavy atom. The lowest BCUT2D eigenvalue weighted by Gasteiger charge is -2.12. The lowest BCUT2D eigenvalue weighted by Crippen LogP contribution is -2.22. The molecule has 116 valence electrons. The van der Waals surface area contributed by atoms with E-state index in [1.165, 1.54) is 0 Å². The SMILES string of the molecule is Cl.O=C(CCN1CCSC1)c1cc(O)c(O)c([N+](=O)[O-])c1. The maximum absolute atomic E-state index is 12.0. The van der Waals surface area contributed by atoms with Crippen LogP contribution in [-0.2, 0) is 0 Å². The zero-order chi connectivity index (χ0) is 14.7. The number of phenolic OH excluding ortho intramolecular Hbond substituents is 2. The van der Waals surface area contributed by atoms with E-state index in [1.54, 1.807) is 11.8 Å². The van der Waals surface area contributed by atoms with Crippen LogP contribution in [0.2, 0.25) is 0 Å². The third-order valence-corrected chi connectivity index (χ3v) is 4.09. The molecule has 0 atom stereocenters. The molecule has 0 radical (unpaired) electrons. The van der Waals surface area contributed by atoms with Gasteiger partial charge in [-0.2, -0.15) is 0 Å². The van der Waals surface area contributed by atoms with Crippen LogP contribution in [-0.4, -0.2) is 50.5 Å². The molecule has 1 aromatic carbocycles. The number of hydrogen-bond acceptors (Lipinski definition) is 7. The van der Waals surface area contributed by atoms with Gasteiger partial charge in [0.05, 0.1) is 4.92 Å². The van der Waals surface area contributed by atoms with Gasteiger partial charge in [0, 0.05) is 42.8 Å². The molecule has 2 N–H and O–H groups in total. The van der Waals surface area contributed by atoms with Crippen molar-refractivity contribution in [3.63, 3.8) is 0 Å². The van der Waals surface area contributed by atoms with Crippen molar-refractivity contribution < 1.29 is 19.9 Å². The molecule has 7 nitrogen and oxygen atoms in total. The number of hydrogen-bond donors (Lipinski definition) is 2. The van der Waals surface area contributed by atoms with E-state index < -0.39 is 22.1 Å². The Hall–Kier alpha value is -1.51. The van der Waals surface area contributed by atoms with Gasteiger partial charge in [-0.3, -0.25) is 19.8 Å². The molecule has 1 aliphatic heterocycles. The number of rotatable bonds is 5. The first-order valence-electron chi connectivity index (χ1n) is 6.02. The van der Waals surface area contributed by atoms with E-state index >= 15 is 0 Å². The number of benzene rings is 1. The molecule has 1 saturated heterocycles. The molecule has 21 heavy (non-hydrogen) atoms. The van der Waals surface area contributed by atoms with Gasteiger partial charge < -0.3 is 10.2 Å². The number of ketones is 1. The van der Waals surface area contributed by atoms with E-state index in [2.05, 4.69) is 4.90 Å². The molecule has 2 rings (SSSR count). The molecule has 1 fully saturated rings. The first-order valence-corrected chi connectivity index (χ1v) is 7.18. The Morgan fingerprint density at radius 3 is 2.71 bits per heavy atom. The lowest BCUT2D eigenvalue weighted by atomic mass is 10.1. The Balaban J connectivity index is 0.00000220. The molecule has 0 spiro atoms. The summed E-state index contributed by atoms with van der Waals surface area (Å²) in [5, 5.41) is 29.5. The summed E-state index contributed by atoms with van der Waals surface area (Å²) in [5.41, 5.74) is -0.621. The van der Waals surface area contributed by atoms with Gasteiger partial charge in [-0.05, 0) is 6.07 Å². The highest BCUT2D eigenvalue weighted by Gasteiger charge is 2.22. The topological polar surface area (TPSA) is 104 Å². The summed E-state index contributed by atoms with van der Waals surface area (Å²) in [4.78, 5) is 24.0. The number of nitro groups is 1. The first-order chi connectivity index (χ1) is 9.49. The van der Waals surface area contributed by atoms with Crippen LogP contribution in [0, 0.1) is 10.1 Å². The fourth-order valence-electron chi connectivity index (χ4n) is 1.94. The highest BCUT2D eigenvalue weighted by Crippen LogP contribution is 2.36. The fourth-order valence-corrected chi connectivity index (χ4v) is 2.97. The van der Waals surface area contributed by atoms with Crippen molar-refractivity contribution in [2.45, 2.75) is 6.42 Å². The number of thioether (sulfide) groups is 1. The van der Waals surface area contributed by atoms with Crippen molar-refractivity contribution in [1.82, 2.24) is 4.90 Å². The molecular formula is C12H15ClN2O5S. The number of aromatic hydroxyl groups is 2. The number of Topliss-reactive ketones (excluding diaryl/α,β-unsaturated/α-hetero) is 1. The van der Waals surface area contributed by atoms with E-state index in [1.807, 2.05) is 0 Å². The van der Waals surface area contributed by atoms with E-state index in [0.717, 1.165) is 30.3 Å². The summed E-state index contributed by atoms with van der Waals surface area (Å²) in [6.45, 7) is 1.51. The van der Waals surface area contributed by atoms with E-state index in [9.17, 15) is 25.1 Å². The Bertz CT molecular complexity index is 549. The molecular weight excluding hydrogens is 320 g/mol. The molecule has 1 heterocycles. The first kappa shape index (κ1) is 17.5. The van der Waals surface area contributed by atoms with Crippen LogP contribution in [0.3, 0.4) is 0 Å². The second-order valence-corrected chi connectivity index (χ2v) is 5.52. The molecule has 0 unspecified atom stereocenters. The van der Waals surface area contributed by atoms with Crippen LogP contribution >= 0.6 is 24.2 Å². The predicted molar refractivity (Wildman–Crippen MR) is 81.5 cm³/mol. The average molecular weight is 335 g/mol. The molecule has 0 saturated carbocycles. The number of nitro benzene ring substituents is 1. The molecule has 1 aromatic rings. The van der Waals surface area contributed by atoms with E-state index in [-0.39, 0.29) is 30.2 Å². The van der Waals surface area contributed by atoms with Crippen LogP contribution in [0.25, 0.3) is 0 Å². The van der Waals surface area contributed by atoms with Crippen molar-refractivity contribution in [3.05, 3.63) is 27.8 Å². The maximum atomic E-state index is 12.0. The van der Waals surface area contributed by atoms with E-state index in [0.29, 0.717) is 6.54 Å². The number of carbonyl (C=O) groups is 1. The summed E-state index contributed by atoms with van der Waals surface area (Å²) in [5.74, 6) is 0.163. The van der Waals surface area contributed by atoms with Crippen LogP contribution in [0.5, 0.6) is 11.5 Å². The summed E-state index contributed by atoms with van der Waals surface area (Å²) >= 11 is 1.79. The second kappa shape index (κ2) is 7.48. The Labute approximate surface area is 131 Å². The molecule has 0 amide bonds. The summed E-state index contributed by atoms with van der Waals surface area (Å²) in [6, 6.07) is 2.06. The van der Waals surface area contributed by atoms with Gasteiger partial charge in [0.25, 0.3) is 0 Å². The van der Waals surface area contributed by atoms with Crippen molar-refractivity contribution >= 4 is 35.6 Å². The summed E-state index contributed by atoms with van der Waals surface area (Å²) in [7, 11) is 0. The standard InChI is InChI=1S/C12H14N2O5S.ClH/c15-10(1-2-13-3-4-20-7-13)8-5-9(14(18)19)12(17)11(16)6-8;/h5-6,16-17H,1-4,7H2;1H. The van der Waals surface area contributed by atoms with Gasteiger partial charge in [-0.25, -0.2) is 0 Å². The minimum Gasteiger partial charge on any atom is -0.504 e. The number of phenols is 2. The van der Waals surface area contributed by atoms with Gasteiger partial charge in [-0.1, -0.05) is 0 Å². The molecule has 1 aliphatic rings. The van der Waals surface area contributed by atoms with Crippen molar-refractivity contribution in [1.29, 1.82) is 0 Å². The van der Waals surface area contributed by atoms with E-state index in [4.69, 9.17) is 0 Å². The highest BCUT2D eigenvalue weighted by atomic mass is 35.5. The lowest BCUT2D eigenvalue weighted by molar-refractivity contribution is -0.386. The molecule has 0 bridgehead atoms. The van der Waals surface area contributed by atoms with Crippen LogP contribution in [0.4, 0.5) is 5.69 Å². The van der Waals surface area contributed by atoms with Crippen LogP contribution < -0.4 is 0 Å². The fraction of sp³-hybridized carbons (Fsp3) is 0.417. The van der Waals surface area contributed by atoms with Gasteiger partial charge in [-0.15, -0.1) is 24.2 Å². The molecule has 9 heteroatoms. The Kier molecular flexibility index (Phi) is 6.25. The third-order valence-electron chi connectivity index (χ3n) is 3.07. The molecule has 0 aliphatic carbocycles. The zero-order valence-electron chi connectivity index (χ0n) is 11.0. The van der Waals surface area contributed by atoms with Crippen LogP contribution in [0.15, 0.2) is 12.1 Å². The quantitative estimate of drug-likeness (QED) is 0.367. The van der Waals surface area contributed by atoms with Crippen molar-refractivity contribution in [2.24, 2.45) is 0 Å². The smallest absolute Gasteiger partial charge is 0.315 e. The second-order valence-electron chi connectivity index (χ2n) is 4.45. The van der Waals surface area contributed by atoms with Gasteiger partial charge in [0.15, 0.2) is 11.5 Å². The normalized spacial score (nSPS) is 14.7.